The van der Waals surface area contributed by atoms with Crippen molar-refractivity contribution in [2.45, 2.75) is 6.10 Å². The van der Waals surface area contributed by atoms with Crippen LogP contribution >= 0.6 is 0 Å². The van der Waals surface area contributed by atoms with Gasteiger partial charge in [-0.05, 0) is 11.1 Å². The van der Waals surface area contributed by atoms with E-state index >= 15 is 0 Å². The molecule has 0 aliphatic carbocycles. The predicted molar refractivity (Wildman–Crippen MR) is 70.7 cm³/mol. The van der Waals surface area contributed by atoms with E-state index in [1.54, 1.807) is 0 Å². The lowest BCUT2D eigenvalue weighted by atomic mass is 10.1. The van der Waals surface area contributed by atoms with E-state index in [0.717, 1.165) is 6.61 Å². The summed E-state index contributed by atoms with van der Waals surface area (Å²) in [5.41, 5.74) is 7.66. The van der Waals surface area contributed by atoms with Crippen LogP contribution in [0, 0.1) is 0 Å². The first-order chi connectivity index (χ1) is 8.40. The fourth-order valence-corrected chi connectivity index (χ4v) is 1.47. The summed E-state index contributed by atoms with van der Waals surface area (Å²) in [4.78, 5) is 0. The molecule has 2 nitrogen and oxygen atoms in total. The molecule has 1 saturated heterocycles. The van der Waals surface area contributed by atoms with Crippen molar-refractivity contribution in [3.05, 3.63) is 60.7 Å². The largest absolute Gasteiger partial charge is 0.372 e. The van der Waals surface area contributed by atoms with Crippen LogP contribution in [-0.4, -0.2) is 19.3 Å². The molecule has 0 aromatic heterocycles. The number of benzene rings is 2. The van der Waals surface area contributed by atoms with Crippen LogP contribution in [0.1, 0.15) is 0 Å². The summed E-state index contributed by atoms with van der Waals surface area (Å²) in [6.45, 7) is 1.58. The van der Waals surface area contributed by atoms with Crippen LogP contribution in [0.4, 0.5) is 0 Å². The monoisotopic (exact) mass is 227 g/mol. The highest BCUT2D eigenvalue weighted by atomic mass is 16.6. The highest BCUT2D eigenvalue weighted by molar-refractivity contribution is 5.62. The molecular weight excluding hydrogens is 210 g/mol. The topological polar surface area (TPSA) is 38.5 Å². The normalized spacial score (nSPS) is 16.9. The lowest BCUT2D eigenvalue weighted by Crippen LogP contribution is -2.05. The highest BCUT2D eigenvalue weighted by Gasteiger charge is 2.18. The van der Waals surface area contributed by atoms with E-state index < -0.39 is 0 Å². The zero-order valence-corrected chi connectivity index (χ0v) is 9.75. The van der Waals surface area contributed by atoms with Crippen molar-refractivity contribution in [3.8, 4) is 11.1 Å². The molecule has 0 radical (unpaired) electrons. The molecule has 0 amide bonds. The van der Waals surface area contributed by atoms with E-state index in [1.165, 1.54) is 11.1 Å². The van der Waals surface area contributed by atoms with Gasteiger partial charge in [0, 0.05) is 6.54 Å². The summed E-state index contributed by atoms with van der Waals surface area (Å²) >= 11 is 0. The molecule has 1 aliphatic rings. The molecule has 2 N–H and O–H groups in total. The molecular formula is C15H17NO. The number of ether oxygens (including phenoxy) is 1. The summed E-state index contributed by atoms with van der Waals surface area (Å²) in [5, 5.41) is 0. The minimum atomic E-state index is 0.412. The van der Waals surface area contributed by atoms with Gasteiger partial charge in [-0.3, -0.25) is 0 Å². The lowest BCUT2D eigenvalue weighted by Gasteiger charge is -1.98. The summed E-state index contributed by atoms with van der Waals surface area (Å²) < 4.78 is 4.73. The quantitative estimate of drug-likeness (QED) is 0.801. The van der Waals surface area contributed by atoms with Gasteiger partial charge in [-0.15, -0.1) is 0 Å². The first-order valence-electron chi connectivity index (χ1n) is 5.82. The van der Waals surface area contributed by atoms with Crippen molar-refractivity contribution in [1.29, 1.82) is 0 Å². The molecule has 88 valence electrons. The first kappa shape index (κ1) is 11.8. The second-order valence-electron chi connectivity index (χ2n) is 3.92. The average Bonchev–Trinajstić information content (AvgIpc) is 3.25. The number of nitrogens with two attached hydrogens (primary N) is 1. The van der Waals surface area contributed by atoms with Crippen molar-refractivity contribution in [3.63, 3.8) is 0 Å². The summed E-state index contributed by atoms with van der Waals surface area (Å²) in [6, 6.07) is 20.8. The van der Waals surface area contributed by atoms with Crippen LogP contribution in [0.5, 0.6) is 0 Å². The number of hydrogen-bond acceptors (Lipinski definition) is 2. The Hall–Kier alpha value is -1.64. The van der Waals surface area contributed by atoms with E-state index in [4.69, 9.17) is 10.5 Å². The van der Waals surface area contributed by atoms with Crippen LogP contribution in [0.3, 0.4) is 0 Å². The molecule has 17 heavy (non-hydrogen) atoms. The SMILES string of the molecule is NCC1CO1.c1ccc(-c2ccccc2)cc1. The second-order valence-corrected chi connectivity index (χ2v) is 3.92. The highest BCUT2D eigenvalue weighted by Crippen LogP contribution is 2.17. The van der Waals surface area contributed by atoms with Crippen LogP contribution in [0.15, 0.2) is 60.7 Å². The number of hydrogen-bond donors (Lipinski definition) is 1. The van der Waals surface area contributed by atoms with Crippen LogP contribution in [0.25, 0.3) is 11.1 Å². The number of epoxide rings is 1. The molecule has 2 aromatic rings. The van der Waals surface area contributed by atoms with Crippen molar-refractivity contribution in [2.75, 3.05) is 13.2 Å². The van der Waals surface area contributed by atoms with Gasteiger partial charge in [-0.1, -0.05) is 60.7 Å². The third-order valence-electron chi connectivity index (χ3n) is 2.55. The molecule has 1 fully saturated rings. The maximum Gasteiger partial charge on any atom is 0.0931 e. The first-order valence-corrected chi connectivity index (χ1v) is 5.82. The molecule has 2 heteroatoms. The van der Waals surface area contributed by atoms with Gasteiger partial charge < -0.3 is 10.5 Å². The third kappa shape index (κ3) is 4.02. The van der Waals surface area contributed by atoms with E-state index in [-0.39, 0.29) is 0 Å². The maximum atomic E-state index is 5.11. The van der Waals surface area contributed by atoms with Crippen molar-refractivity contribution >= 4 is 0 Å². The third-order valence-corrected chi connectivity index (χ3v) is 2.55. The van der Waals surface area contributed by atoms with Gasteiger partial charge in [0.05, 0.1) is 12.7 Å². The molecule has 1 unspecified atom stereocenters. The predicted octanol–water partition coefficient (Wildman–Crippen LogP) is 2.70. The standard InChI is InChI=1S/C12H10.C3H7NO/c1-3-7-11(8-4-1)12-9-5-2-6-10-12;4-1-3-2-5-3/h1-10H;3H,1-2,4H2. The Kier molecular flexibility index (Phi) is 4.30. The molecule has 0 bridgehead atoms. The second kappa shape index (κ2) is 6.18. The van der Waals surface area contributed by atoms with E-state index in [2.05, 4.69) is 48.5 Å². The van der Waals surface area contributed by atoms with Crippen molar-refractivity contribution in [2.24, 2.45) is 5.73 Å². The lowest BCUT2D eigenvalue weighted by molar-refractivity contribution is 0.412. The van der Waals surface area contributed by atoms with E-state index in [1.807, 2.05) is 12.1 Å². The molecule has 1 aliphatic heterocycles. The Morgan fingerprint density at radius 1 is 0.882 bits per heavy atom. The van der Waals surface area contributed by atoms with Gasteiger partial charge in [-0.25, -0.2) is 0 Å². The van der Waals surface area contributed by atoms with Crippen molar-refractivity contribution < 1.29 is 4.74 Å². The van der Waals surface area contributed by atoms with Gasteiger partial charge in [0.1, 0.15) is 0 Å². The Morgan fingerprint density at radius 3 is 1.53 bits per heavy atom. The molecule has 1 heterocycles. The Bertz CT molecular complexity index is 386. The van der Waals surface area contributed by atoms with Gasteiger partial charge >= 0.3 is 0 Å². The molecule has 2 aromatic carbocycles. The van der Waals surface area contributed by atoms with Gasteiger partial charge in [0.2, 0.25) is 0 Å². The van der Waals surface area contributed by atoms with Crippen molar-refractivity contribution in [1.82, 2.24) is 0 Å². The minimum absolute atomic E-state index is 0.412. The molecule has 3 rings (SSSR count). The summed E-state index contributed by atoms with van der Waals surface area (Å²) in [7, 11) is 0. The maximum absolute atomic E-state index is 5.11. The number of rotatable bonds is 2. The Morgan fingerprint density at radius 2 is 1.29 bits per heavy atom. The fourth-order valence-electron chi connectivity index (χ4n) is 1.47. The molecule has 0 saturated carbocycles. The van der Waals surface area contributed by atoms with Crippen LogP contribution in [-0.2, 0) is 4.74 Å². The molecule has 1 atom stereocenters. The summed E-state index contributed by atoms with van der Waals surface area (Å²) in [6.07, 6.45) is 0.412. The minimum Gasteiger partial charge on any atom is -0.372 e. The molecule has 0 spiro atoms. The van der Waals surface area contributed by atoms with Gasteiger partial charge in [-0.2, -0.15) is 0 Å². The van der Waals surface area contributed by atoms with E-state index in [9.17, 15) is 0 Å². The Balaban J connectivity index is 0.000000181. The average molecular weight is 227 g/mol. The van der Waals surface area contributed by atoms with Gasteiger partial charge in [0.25, 0.3) is 0 Å². The zero-order valence-electron chi connectivity index (χ0n) is 9.75. The smallest absolute Gasteiger partial charge is 0.0931 e. The van der Waals surface area contributed by atoms with E-state index in [0.29, 0.717) is 12.6 Å². The van der Waals surface area contributed by atoms with Crippen LogP contribution < -0.4 is 5.73 Å². The summed E-state index contributed by atoms with van der Waals surface area (Å²) in [5.74, 6) is 0. The van der Waals surface area contributed by atoms with Gasteiger partial charge in [0.15, 0.2) is 0 Å². The van der Waals surface area contributed by atoms with Crippen LogP contribution in [0.2, 0.25) is 0 Å². The fraction of sp³-hybridized carbons (Fsp3) is 0.200. The Labute approximate surface area is 102 Å². The zero-order chi connectivity index (χ0) is 11.9.